The summed E-state index contributed by atoms with van der Waals surface area (Å²) >= 11 is 0. The van der Waals surface area contributed by atoms with Crippen molar-refractivity contribution in [3.63, 3.8) is 0 Å². The van der Waals surface area contributed by atoms with Crippen LogP contribution in [0.1, 0.15) is 74.6 Å². The largest absolute Gasteiger partial charge is 0.361 e. The van der Waals surface area contributed by atoms with Gasteiger partial charge in [0.2, 0.25) is 0 Å². The zero-order valence-corrected chi connectivity index (χ0v) is 21.2. The number of piperidine rings is 1. The number of aryl methyl sites for hydroxylation is 4. The van der Waals surface area contributed by atoms with Crippen LogP contribution >= 0.6 is 0 Å². The van der Waals surface area contributed by atoms with Crippen LogP contribution in [0.4, 0.5) is 5.82 Å². The van der Waals surface area contributed by atoms with Crippen molar-refractivity contribution in [3.05, 3.63) is 70.0 Å². The molecule has 0 spiro atoms. The van der Waals surface area contributed by atoms with Gasteiger partial charge >= 0.3 is 0 Å². The predicted octanol–water partition coefficient (Wildman–Crippen LogP) is 3.55. The van der Waals surface area contributed by atoms with Gasteiger partial charge in [0.25, 0.3) is 11.8 Å². The fourth-order valence-electron chi connectivity index (χ4n) is 5.30. The lowest BCUT2D eigenvalue weighted by atomic mass is 10.0. The number of amides is 2. The summed E-state index contributed by atoms with van der Waals surface area (Å²) in [5, 5.41) is 6.86. The first kappa shape index (κ1) is 24.0. The Bertz CT molecular complexity index is 1270. The number of carbonyl (C=O) groups excluding carboxylic acids is 2. The van der Waals surface area contributed by atoms with Gasteiger partial charge in [0.1, 0.15) is 17.4 Å². The molecule has 36 heavy (non-hydrogen) atoms. The lowest BCUT2D eigenvalue weighted by Crippen LogP contribution is -2.46. The minimum absolute atomic E-state index is 0.00841. The van der Waals surface area contributed by atoms with E-state index in [-0.39, 0.29) is 29.6 Å². The van der Waals surface area contributed by atoms with E-state index in [9.17, 15) is 9.59 Å². The average Bonchev–Trinajstić information content (AvgIpc) is 3.48. The summed E-state index contributed by atoms with van der Waals surface area (Å²) in [6, 6.07) is 9.53. The van der Waals surface area contributed by atoms with Gasteiger partial charge in [0.15, 0.2) is 5.69 Å². The fourth-order valence-corrected chi connectivity index (χ4v) is 5.30. The maximum atomic E-state index is 13.4. The summed E-state index contributed by atoms with van der Waals surface area (Å²) in [6.45, 7) is 7.34. The molecule has 0 unspecified atom stereocenters. The Morgan fingerprint density at radius 1 is 1.06 bits per heavy atom. The maximum absolute atomic E-state index is 13.4. The molecule has 1 aliphatic carbocycles. The Balaban J connectivity index is 1.24. The zero-order valence-electron chi connectivity index (χ0n) is 21.2. The number of carbonyl (C=O) groups is 2. The molecule has 188 valence electrons. The Morgan fingerprint density at radius 3 is 2.53 bits per heavy atom. The molecule has 0 bridgehead atoms. The van der Waals surface area contributed by atoms with Gasteiger partial charge in [-0.3, -0.25) is 9.59 Å². The van der Waals surface area contributed by atoms with E-state index in [0.29, 0.717) is 11.3 Å². The van der Waals surface area contributed by atoms with Crippen LogP contribution in [-0.2, 0) is 6.42 Å². The first-order chi connectivity index (χ1) is 17.3. The minimum Gasteiger partial charge on any atom is -0.361 e. The molecule has 1 aliphatic heterocycles. The van der Waals surface area contributed by atoms with E-state index in [1.807, 2.05) is 50.1 Å². The van der Waals surface area contributed by atoms with Crippen LogP contribution in [0, 0.1) is 20.8 Å². The van der Waals surface area contributed by atoms with E-state index in [1.54, 1.807) is 13.0 Å². The highest BCUT2D eigenvalue weighted by molar-refractivity contribution is 5.95. The van der Waals surface area contributed by atoms with Crippen LogP contribution in [0.15, 0.2) is 34.9 Å². The molecule has 1 fully saturated rings. The quantitative estimate of drug-likeness (QED) is 0.586. The van der Waals surface area contributed by atoms with E-state index in [0.717, 1.165) is 61.7 Å². The highest BCUT2D eigenvalue weighted by Crippen LogP contribution is 2.33. The first-order valence-corrected chi connectivity index (χ1v) is 12.5. The van der Waals surface area contributed by atoms with Gasteiger partial charge in [-0.2, -0.15) is 0 Å². The Kier molecular flexibility index (Phi) is 6.47. The van der Waals surface area contributed by atoms with Gasteiger partial charge in [0, 0.05) is 49.6 Å². The summed E-state index contributed by atoms with van der Waals surface area (Å²) in [5.41, 5.74) is 4.06. The number of anilines is 1. The second kappa shape index (κ2) is 9.72. The number of rotatable bonds is 5. The lowest BCUT2D eigenvalue weighted by molar-refractivity contribution is 0.0709. The monoisotopic (exact) mass is 488 g/mol. The lowest BCUT2D eigenvalue weighted by Gasteiger charge is -2.37. The van der Waals surface area contributed by atoms with Crippen molar-refractivity contribution in [2.45, 2.75) is 58.5 Å². The van der Waals surface area contributed by atoms with Crippen LogP contribution in [0.25, 0.3) is 0 Å². The number of fused-ring (bicyclic) bond motifs is 1. The molecule has 3 aromatic rings. The van der Waals surface area contributed by atoms with E-state index < -0.39 is 0 Å². The first-order valence-electron chi connectivity index (χ1n) is 12.5. The smallest absolute Gasteiger partial charge is 0.273 e. The standard InChI is InChI=1S/C27H32N6O3/c1-16-13-25(29-18(3)28-16)33-11-9-21(10-12-33)32(4)27(35)20-6-5-19-7-8-23(22(19)15-20)30-26(34)24-14-17(2)36-31-24/h5-6,13-15,21,23H,7-12H2,1-4H3,(H,30,34)/t23-/m1/s1. The molecule has 5 rings (SSSR count). The number of nitrogens with one attached hydrogen (secondary N) is 1. The highest BCUT2D eigenvalue weighted by atomic mass is 16.5. The average molecular weight is 489 g/mol. The molecule has 2 aliphatic rings. The molecule has 1 aromatic carbocycles. The van der Waals surface area contributed by atoms with Crippen molar-refractivity contribution in [1.29, 1.82) is 0 Å². The van der Waals surface area contributed by atoms with Gasteiger partial charge in [0.05, 0.1) is 6.04 Å². The van der Waals surface area contributed by atoms with E-state index in [2.05, 4.69) is 25.3 Å². The fraction of sp³-hybridized carbons (Fsp3) is 0.444. The van der Waals surface area contributed by atoms with Crippen LogP contribution in [0.5, 0.6) is 0 Å². The van der Waals surface area contributed by atoms with Crippen molar-refractivity contribution < 1.29 is 14.1 Å². The number of hydrogen-bond donors (Lipinski definition) is 1. The molecule has 2 amide bonds. The number of hydrogen-bond acceptors (Lipinski definition) is 7. The van der Waals surface area contributed by atoms with Gasteiger partial charge in [-0.15, -0.1) is 0 Å². The summed E-state index contributed by atoms with van der Waals surface area (Å²) in [5.74, 6) is 2.08. The topological polar surface area (TPSA) is 104 Å². The molecule has 3 heterocycles. The van der Waals surface area contributed by atoms with Crippen LogP contribution < -0.4 is 10.2 Å². The molecule has 9 heteroatoms. The summed E-state index contributed by atoms with van der Waals surface area (Å²) in [7, 11) is 1.89. The van der Waals surface area contributed by atoms with Crippen LogP contribution in [0.2, 0.25) is 0 Å². The molecule has 2 aromatic heterocycles. The predicted molar refractivity (Wildman–Crippen MR) is 135 cm³/mol. The summed E-state index contributed by atoms with van der Waals surface area (Å²) in [4.78, 5) is 39.1. The number of benzene rings is 1. The zero-order chi connectivity index (χ0) is 25.4. The third-order valence-corrected chi connectivity index (χ3v) is 7.25. The molecule has 1 N–H and O–H groups in total. The molecule has 9 nitrogen and oxygen atoms in total. The third kappa shape index (κ3) is 4.82. The van der Waals surface area contributed by atoms with E-state index in [1.165, 1.54) is 5.56 Å². The summed E-state index contributed by atoms with van der Waals surface area (Å²) < 4.78 is 5.03. The van der Waals surface area contributed by atoms with Crippen molar-refractivity contribution in [3.8, 4) is 0 Å². The van der Waals surface area contributed by atoms with Gasteiger partial charge < -0.3 is 19.6 Å². The molecular weight excluding hydrogens is 456 g/mol. The highest BCUT2D eigenvalue weighted by Gasteiger charge is 2.30. The Labute approximate surface area is 210 Å². The SMILES string of the molecule is Cc1cc(N2CCC(N(C)C(=O)c3ccc4c(c3)[C@H](NC(=O)c3cc(C)on3)CC4)CC2)nc(C)n1. The Hall–Kier alpha value is -3.75. The Morgan fingerprint density at radius 2 is 1.83 bits per heavy atom. The second-order valence-corrected chi connectivity index (χ2v) is 9.85. The van der Waals surface area contributed by atoms with Gasteiger partial charge in [-0.25, -0.2) is 9.97 Å². The van der Waals surface area contributed by atoms with E-state index in [4.69, 9.17) is 4.52 Å². The van der Waals surface area contributed by atoms with E-state index >= 15 is 0 Å². The second-order valence-electron chi connectivity index (χ2n) is 9.85. The molecular formula is C27H32N6O3. The normalized spacial score (nSPS) is 17.7. The third-order valence-electron chi connectivity index (χ3n) is 7.25. The summed E-state index contributed by atoms with van der Waals surface area (Å²) in [6.07, 6.45) is 3.42. The van der Waals surface area contributed by atoms with Crippen molar-refractivity contribution in [2.24, 2.45) is 0 Å². The van der Waals surface area contributed by atoms with Crippen molar-refractivity contribution in [1.82, 2.24) is 25.3 Å². The molecule has 0 saturated carbocycles. The number of nitrogens with zero attached hydrogens (tertiary/aromatic N) is 5. The van der Waals surface area contributed by atoms with Crippen LogP contribution in [-0.4, -0.2) is 58.0 Å². The van der Waals surface area contributed by atoms with Gasteiger partial charge in [-0.05, 0) is 69.7 Å². The maximum Gasteiger partial charge on any atom is 0.273 e. The minimum atomic E-state index is -0.264. The number of aromatic nitrogens is 3. The van der Waals surface area contributed by atoms with Crippen LogP contribution in [0.3, 0.4) is 0 Å². The molecule has 1 atom stereocenters. The van der Waals surface area contributed by atoms with Crippen molar-refractivity contribution >= 4 is 17.6 Å². The molecule has 1 saturated heterocycles. The van der Waals surface area contributed by atoms with Crippen molar-refractivity contribution in [2.75, 3.05) is 25.0 Å². The molecule has 0 radical (unpaired) electrons. The van der Waals surface area contributed by atoms with Gasteiger partial charge in [-0.1, -0.05) is 11.2 Å².